The van der Waals surface area contributed by atoms with Crippen molar-refractivity contribution in [3.05, 3.63) is 29.8 Å². The van der Waals surface area contributed by atoms with Crippen LogP contribution < -0.4 is 10.5 Å². The van der Waals surface area contributed by atoms with Crippen LogP contribution in [-0.2, 0) is 6.42 Å². The van der Waals surface area contributed by atoms with E-state index in [1.165, 1.54) is 5.56 Å². The lowest BCUT2D eigenvalue weighted by molar-refractivity contribution is 0.174. The van der Waals surface area contributed by atoms with E-state index in [0.29, 0.717) is 6.61 Å². The van der Waals surface area contributed by atoms with Crippen molar-refractivity contribution < 1.29 is 9.84 Å². The van der Waals surface area contributed by atoms with Gasteiger partial charge in [0.05, 0.1) is 6.61 Å². The molecule has 0 aliphatic rings. The molecule has 1 aromatic rings. The highest BCUT2D eigenvalue weighted by Gasteiger charge is 2.02. The zero-order chi connectivity index (χ0) is 12.0. The third kappa shape index (κ3) is 4.64. The third-order valence-corrected chi connectivity index (χ3v) is 2.33. The molecule has 0 saturated carbocycles. The topological polar surface area (TPSA) is 55.5 Å². The summed E-state index contributed by atoms with van der Waals surface area (Å²) in [6.07, 6.45) is 0.882. The Labute approximate surface area is 97.2 Å². The molecule has 3 heteroatoms. The molecule has 0 spiro atoms. The molecule has 90 valence electrons. The van der Waals surface area contributed by atoms with E-state index >= 15 is 0 Å². The van der Waals surface area contributed by atoms with Crippen LogP contribution in [-0.4, -0.2) is 24.4 Å². The van der Waals surface area contributed by atoms with E-state index < -0.39 is 0 Å². The second-order valence-corrected chi connectivity index (χ2v) is 4.42. The van der Waals surface area contributed by atoms with Gasteiger partial charge in [-0.2, -0.15) is 0 Å². The van der Waals surface area contributed by atoms with E-state index in [1.54, 1.807) is 0 Å². The predicted molar refractivity (Wildman–Crippen MR) is 65.5 cm³/mol. The highest BCUT2D eigenvalue weighted by atomic mass is 16.5. The highest BCUT2D eigenvalue weighted by Crippen LogP contribution is 2.14. The van der Waals surface area contributed by atoms with Crippen LogP contribution in [0.5, 0.6) is 5.75 Å². The minimum absolute atomic E-state index is 0.156. The maximum atomic E-state index is 8.86. The number of hydrogen-bond acceptors (Lipinski definition) is 3. The Morgan fingerprint density at radius 3 is 2.38 bits per heavy atom. The fraction of sp³-hybridized carbons (Fsp3) is 0.538. The Morgan fingerprint density at radius 2 is 1.88 bits per heavy atom. The van der Waals surface area contributed by atoms with Gasteiger partial charge in [-0.05, 0) is 31.0 Å². The van der Waals surface area contributed by atoms with Gasteiger partial charge in [-0.3, -0.25) is 0 Å². The molecule has 3 N–H and O–H groups in total. The number of rotatable bonds is 6. The van der Waals surface area contributed by atoms with Crippen molar-refractivity contribution in [3.63, 3.8) is 0 Å². The van der Waals surface area contributed by atoms with Gasteiger partial charge in [-0.1, -0.05) is 19.1 Å². The molecule has 3 nitrogen and oxygen atoms in total. The number of benzene rings is 1. The molecular formula is C13H21NO2. The Kier molecular flexibility index (Phi) is 5.29. The monoisotopic (exact) mass is 223 g/mol. The summed E-state index contributed by atoms with van der Waals surface area (Å²) in [6.45, 7) is 4.64. The predicted octanol–water partition coefficient (Wildman–Crippen LogP) is 1.58. The first kappa shape index (κ1) is 13.0. The summed E-state index contributed by atoms with van der Waals surface area (Å²) in [5.74, 6) is 1.01. The molecule has 0 saturated heterocycles. The second-order valence-electron chi connectivity index (χ2n) is 4.42. The van der Waals surface area contributed by atoms with Crippen molar-refractivity contribution in [1.82, 2.24) is 0 Å². The zero-order valence-electron chi connectivity index (χ0n) is 10.0. The Bertz CT molecular complexity index is 295. The van der Waals surface area contributed by atoms with Gasteiger partial charge in [0.15, 0.2) is 0 Å². The van der Waals surface area contributed by atoms with Crippen LogP contribution in [0.3, 0.4) is 0 Å². The number of hydrogen-bond donors (Lipinski definition) is 2. The Balaban J connectivity index is 2.45. The van der Waals surface area contributed by atoms with Crippen LogP contribution in [0.4, 0.5) is 0 Å². The SMILES string of the molecule is CC(N)Cc1ccc(OCC(C)CO)cc1. The van der Waals surface area contributed by atoms with Crippen LogP contribution in [0.15, 0.2) is 24.3 Å². The quantitative estimate of drug-likeness (QED) is 0.770. The summed E-state index contributed by atoms with van der Waals surface area (Å²) in [5.41, 5.74) is 6.94. The summed E-state index contributed by atoms with van der Waals surface area (Å²) in [6, 6.07) is 8.13. The van der Waals surface area contributed by atoms with Gasteiger partial charge in [0.1, 0.15) is 5.75 Å². The van der Waals surface area contributed by atoms with Gasteiger partial charge in [0, 0.05) is 18.6 Å². The van der Waals surface area contributed by atoms with Gasteiger partial charge in [-0.25, -0.2) is 0 Å². The smallest absolute Gasteiger partial charge is 0.119 e. The average Bonchev–Trinajstić information content (AvgIpc) is 2.27. The molecule has 0 aromatic heterocycles. The molecule has 0 bridgehead atoms. The van der Waals surface area contributed by atoms with Gasteiger partial charge < -0.3 is 15.6 Å². The fourth-order valence-electron chi connectivity index (χ4n) is 1.38. The van der Waals surface area contributed by atoms with Crippen LogP contribution in [0.1, 0.15) is 19.4 Å². The molecule has 0 aliphatic heterocycles. The summed E-state index contributed by atoms with van der Waals surface area (Å²) in [5, 5.41) is 8.86. The molecule has 1 rings (SSSR count). The molecule has 0 fully saturated rings. The maximum absolute atomic E-state index is 8.86. The van der Waals surface area contributed by atoms with Crippen LogP contribution in [0, 0.1) is 5.92 Å². The van der Waals surface area contributed by atoms with Crippen molar-refractivity contribution >= 4 is 0 Å². The molecule has 1 aromatic carbocycles. The summed E-state index contributed by atoms with van der Waals surface area (Å²) >= 11 is 0. The van der Waals surface area contributed by atoms with Gasteiger partial charge >= 0.3 is 0 Å². The van der Waals surface area contributed by atoms with Crippen LogP contribution in [0.25, 0.3) is 0 Å². The molecule has 0 aliphatic carbocycles. The zero-order valence-corrected chi connectivity index (χ0v) is 10.0. The van der Waals surface area contributed by atoms with Crippen molar-refractivity contribution in [2.75, 3.05) is 13.2 Å². The van der Waals surface area contributed by atoms with Crippen molar-refractivity contribution in [2.45, 2.75) is 26.3 Å². The first-order valence-electron chi connectivity index (χ1n) is 5.70. The molecule has 2 unspecified atom stereocenters. The summed E-state index contributed by atoms with van der Waals surface area (Å²) < 4.78 is 5.53. The van der Waals surface area contributed by atoms with E-state index in [4.69, 9.17) is 15.6 Å². The maximum Gasteiger partial charge on any atom is 0.119 e. The Hall–Kier alpha value is -1.06. The molecule has 0 radical (unpaired) electrons. The van der Waals surface area contributed by atoms with Gasteiger partial charge in [-0.15, -0.1) is 0 Å². The fourth-order valence-corrected chi connectivity index (χ4v) is 1.38. The minimum atomic E-state index is 0.156. The van der Waals surface area contributed by atoms with Crippen LogP contribution in [0.2, 0.25) is 0 Å². The van der Waals surface area contributed by atoms with E-state index in [0.717, 1.165) is 12.2 Å². The summed E-state index contributed by atoms with van der Waals surface area (Å²) in [4.78, 5) is 0. The molecular weight excluding hydrogens is 202 g/mol. The van der Waals surface area contributed by atoms with Crippen molar-refractivity contribution in [2.24, 2.45) is 11.7 Å². The van der Waals surface area contributed by atoms with E-state index in [2.05, 4.69) is 0 Å². The number of nitrogens with two attached hydrogens (primary N) is 1. The van der Waals surface area contributed by atoms with Crippen molar-refractivity contribution in [1.29, 1.82) is 0 Å². The lowest BCUT2D eigenvalue weighted by atomic mass is 10.1. The minimum Gasteiger partial charge on any atom is -0.493 e. The van der Waals surface area contributed by atoms with Gasteiger partial charge in [0.2, 0.25) is 0 Å². The second kappa shape index (κ2) is 6.51. The highest BCUT2D eigenvalue weighted by molar-refractivity contribution is 5.27. The third-order valence-electron chi connectivity index (χ3n) is 2.33. The number of aliphatic hydroxyl groups excluding tert-OH is 1. The summed E-state index contributed by atoms with van der Waals surface area (Å²) in [7, 11) is 0. The normalized spacial score (nSPS) is 14.5. The van der Waals surface area contributed by atoms with E-state index in [-0.39, 0.29) is 18.6 Å². The molecule has 0 amide bonds. The standard InChI is InChI=1S/C13H21NO2/c1-10(8-15)9-16-13-5-3-12(4-6-13)7-11(2)14/h3-6,10-11,15H,7-9,14H2,1-2H3. The number of ether oxygens (including phenoxy) is 1. The first-order valence-corrected chi connectivity index (χ1v) is 5.70. The van der Waals surface area contributed by atoms with Crippen LogP contribution >= 0.6 is 0 Å². The van der Waals surface area contributed by atoms with Crippen molar-refractivity contribution in [3.8, 4) is 5.75 Å². The molecule has 2 atom stereocenters. The Morgan fingerprint density at radius 1 is 1.25 bits per heavy atom. The molecule has 0 heterocycles. The van der Waals surface area contributed by atoms with Gasteiger partial charge in [0.25, 0.3) is 0 Å². The number of aliphatic hydroxyl groups is 1. The van der Waals surface area contributed by atoms with E-state index in [1.807, 2.05) is 38.1 Å². The lowest BCUT2D eigenvalue weighted by Crippen LogP contribution is -2.17. The average molecular weight is 223 g/mol. The van der Waals surface area contributed by atoms with E-state index in [9.17, 15) is 0 Å². The largest absolute Gasteiger partial charge is 0.493 e. The first-order chi connectivity index (χ1) is 7.61. The lowest BCUT2D eigenvalue weighted by Gasteiger charge is -2.11. The molecule has 16 heavy (non-hydrogen) atoms.